The topological polar surface area (TPSA) is 42.0 Å². The zero-order chi connectivity index (χ0) is 13.9. The maximum Gasteiger partial charge on any atom is 0.251 e. The van der Waals surface area contributed by atoms with E-state index in [4.69, 9.17) is 0 Å². The highest BCUT2D eigenvalue weighted by molar-refractivity contribution is 8.00. The lowest BCUT2D eigenvalue weighted by molar-refractivity contribution is 0.0951. The predicted octanol–water partition coefficient (Wildman–Crippen LogP) is 3.64. The molecule has 1 aromatic heterocycles. The lowest BCUT2D eigenvalue weighted by atomic mass is 10.1. The van der Waals surface area contributed by atoms with Crippen molar-refractivity contribution in [1.29, 1.82) is 0 Å². The number of thiazole rings is 1. The van der Waals surface area contributed by atoms with Gasteiger partial charge in [-0.3, -0.25) is 4.79 Å². The molecule has 1 fully saturated rings. The Morgan fingerprint density at radius 3 is 2.75 bits per heavy atom. The molecule has 1 aliphatic carbocycles. The minimum absolute atomic E-state index is 0.0438. The van der Waals surface area contributed by atoms with Crippen LogP contribution in [0.3, 0.4) is 0 Å². The number of amides is 1. The van der Waals surface area contributed by atoms with Gasteiger partial charge in [0.05, 0.1) is 0 Å². The van der Waals surface area contributed by atoms with Crippen LogP contribution in [0.2, 0.25) is 0 Å². The predicted molar refractivity (Wildman–Crippen MR) is 83.3 cm³/mol. The number of aromatic nitrogens is 1. The molecule has 1 aromatic carbocycles. The molecule has 0 saturated heterocycles. The Morgan fingerprint density at radius 1 is 1.40 bits per heavy atom. The van der Waals surface area contributed by atoms with Gasteiger partial charge >= 0.3 is 0 Å². The van der Waals surface area contributed by atoms with Gasteiger partial charge in [-0.15, -0.1) is 11.3 Å². The molecule has 0 radical (unpaired) electrons. The second-order valence-electron chi connectivity index (χ2n) is 4.99. The molecule has 20 heavy (non-hydrogen) atoms. The Morgan fingerprint density at radius 2 is 2.15 bits per heavy atom. The zero-order valence-corrected chi connectivity index (χ0v) is 12.9. The maximum absolute atomic E-state index is 11.9. The second kappa shape index (κ2) is 5.97. The van der Waals surface area contributed by atoms with Crippen molar-refractivity contribution >= 4 is 29.0 Å². The summed E-state index contributed by atoms with van der Waals surface area (Å²) in [5, 5.41) is 5.06. The van der Waals surface area contributed by atoms with Crippen molar-refractivity contribution in [3.63, 3.8) is 0 Å². The zero-order valence-electron chi connectivity index (χ0n) is 11.3. The third-order valence-electron chi connectivity index (χ3n) is 3.09. The molecule has 1 saturated carbocycles. The van der Waals surface area contributed by atoms with Crippen LogP contribution in [0, 0.1) is 6.92 Å². The molecule has 1 heterocycles. The average molecular weight is 304 g/mol. The van der Waals surface area contributed by atoms with Crippen LogP contribution in [0.1, 0.15) is 34.5 Å². The number of thioether (sulfide) groups is 1. The number of hydrogen-bond donors (Lipinski definition) is 1. The Hall–Kier alpha value is -1.33. The van der Waals surface area contributed by atoms with E-state index in [0.717, 1.165) is 34.2 Å². The lowest BCUT2D eigenvalue weighted by Gasteiger charge is -2.04. The molecule has 1 aliphatic rings. The van der Waals surface area contributed by atoms with E-state index >= 15 is 0 Å². The van der Waals surface area contributed by atoms with E-state index in [1.54, 1.807) is 23.1 Å². The molecule has 5 heteroatoms. The van der Waals surface area contributed by atoms with Crippen molar-refractivity contribution in [2.75, 3.05) is 0 Å². The number of rotatable bonds is 5. The molecule has 0 bridgehead atoms. The van der Waals surface area contributed by atoms with Crippen molar-refractivity contribution in [3.05, 3.63) is 46.5 Å². The summed E-state index contributed by atoms with van der Waals surface area (Å²) < 4.78 is 1.10. The van der Waals surface area contributed by atoms with Gasteiger partial charge in [-0.1, -0.05) is 23.9 Å². The average Bonchev–Trinajstić information content (AvgIpc) is 3.17. The summed E-state index contributed by atoms with van der Waals surface area (Å²) in [6.45, 7) is 2.01. The lowest BCUT2D eigenvalue weighted by Crippen LogP contribution is -2.25. The van der Waals surface area contributed by atoms with E-state index in [1.807, 2.05) is 31.2 Å². The number of carbonyl (C=O) groups is 1. The Balaban J connectivity index is 1.56. The maximum atomic E-state index is 11.9. The smallest absolute Gasteiger partial charge is 0.251 e. The van der Waals surface area contributed by atoms with Gasteiger partial charge < -0.3 is 5.32 Å². The highest BCUT2D eigenvalue weighted by atomic mass is 32.2. The molecule has 1 N–H and O–H groups in total. The van der Waals surface area contributed by atoms with Crippen LogP contribution in [0.5, 0.6) is 0 Å². The highest BCUT2D eigenvalue weighted by Gasteiger charge is 2.23. The second-order valence-corrected chi connectivity index (χ2v) is 7.07. The first-order valence-electron chi connectivity index (χ1n) is 6.65. The molecule has 2 aromatic rings. The first-order chi connectivity index (χ1) is 9.70. The van der Waals surface area contributed by atoms with Crippen molar-refractivity contribution in [3.8, 4) is 0 Å². The molecular formula is C15H16N2OS2. The number of nitrogens with one attached hydrogen (secondary N) is 1. The molecule has 0 atom stereocenters. The minimum Gasteiger partial charge on any atom is -0.349 e. The Bertz CT molecular complexity index is 603. The summed E-state index contributed by atoms with van der Waals surface area (Å²) in [6, 6.07) is 8.26. The van der Waals surface area contributed by atoms with Crippen LogP contribution in [0.15, 0.2) is 34.0 Å². The van der Waals surface area contributed by atoms with Gasteiger partial charge in [-0.25, -0.2) is 4.98 Å². The van der Waals surface area contributed by atoms with Crippen LogP contribution in [-0.4, -0.2) is 16.9 Å². The Kier molecular flexibility index (Phi) is 4.08. The van der Waals surface area contributed by atoms with Crippen LogP contribution in [0.25, 0.3) is 0 Å². The molecule has 3 nitrogen and oxygen atoms in total. The number of carbonyl (C=O) groups excluding carboxylic acids is 1. The summed E-state index contributed by atoms with van der Waals surface area (Å²) in [5.41, 5.74) is 3.03. The highest BCUT2D eigenvalue weighted by Crippen LogP contribution is 2.26. The van der Waals surface area contributed by atoms with Crippen LogP contribution >= 0.6 is 23.1 Å². The van der Waals surface area contributed by atoms with Crippen LogP contribution in [-0.2, 0) is 5.75 Å². The fourth-order valence-electron chi connectivity index (χ4n) is 1.79. The van der Waals surface area contributed by atoms with E-state index in [-0.39, 0.29) is 5.91 Å². The first-order valence-corrected chi connectivity index (χ1v) is 8.52. The summed E-state index contributed by atoms with van der Waals surface area (Å²) in [7, 11) is 0. The van der Waals surface area contributed by atoms with Gasteiger partial charge in [-0.2, -0.15) is 0 Å². The fourth-order valence-corrected chi connectivity index (χ4v) is 3.60. The van der Waals surface area contributed by atoms with Gasteiger partial charge in [0.25, 0.3) is 5.91 Å². The fraction of sp³-hybridized carbons (Fsp3) is 0.333. The van der Waals surface area contributed by atoms with Gasteiger partial charge in [0.15, 0.2) is 0 Å². The number of nitrogens with zero attached hydrogens (tertiary/aromatic N) is 1. The summed E-state index contributed by atoms with van der Waals surface area (Å²) in [6.07, 6.45) is 2.24. The summed E-state index contributed by atoms with van der Waals surface area (Å²) in [5.74, 6) is 0.930. The molecule has 0 unspecified atom stereocenters. The third kappa shape index (κ3) is 3.61. The SMILES string of the molecule is Cc1csc(SCc2ccc(C(=O)NC3CC3)cc2)n1. The van der Waals surface area contributed by atoms with Gasteiger partial charge in [-0.05, 0) is 37.5 Å². The van der Waals surface area contributed by atoms with Gasteiger partial charge in [0.2, 0.25) is 0 Å². The minimum atomic E-state index is 0.0438. The monoisotopic (exact) mass is 304 g/mol. The number of benzene rings is 1. The van der Waals surface area contributed by atoms with E-state index < -0.39 is 0 Å². The van der Waals surface area contributed by atoms with E-state index in [9.17, 15) is 4.79 Å². The standard InChI is InChI=1S/C15H16N2OS2/c1-10-8-19-15(16-10)20-9-11-2-4-12(5-3-11)14(18)17-13-6-7-13/h2-5,8,13H,6-7,9H2,1H3,(H,17,18). The number of aryl methyl sites for hydroxylation is 1. The van der Waals surface area contributed by atoms with Gasteiger partial charge in [0.1, 0.15) is 4.34 Å². The van der Waals surface area contributed by atoms with Crippen LogP contribution < -0.4 is 5.32 Å². The quantitative estimate of drug-likeness (QED) is 0.858. The van der Waals surface area contributed by atoms with Gasteiger partial charge in [0, 0.05) is 28.4 Å². The number of hydrogen-bond acceptors (Lipinski definition) is 4. The molecule has 3 rings (SSSR count). The molecular weight excluding hydrogens is 288 g/mol. The molecule has 0 spiro atoms. The summed E-state index contributed by atoms with van der Waals surface area (Å²) in [4.78, 5) is 16.3. The third-order valence-corrected chi connectivity index (χ3v) is 5.30. The largest absolute Gasteiger partial charge is 0.349 e. The van der Waals surface area contributed by atoms with E-state index in [0.29, 0.717) is 6.04 Å². The van der Waals surface area contributed by atoms with E-state index in [2.05, 4.69) is 15.7 Å². The van der Waals surface area contributed by atoms with Crippen molar-refractivity contribution in [2.45, 2.75) is 35.9 Å². The van der Waals surface area contributed by atoms with E-state index in [1.165, 1.54) is 5.56 Å². The van der Waals surface area contributed by atoms with Crippen molar-refractivity contribution in [1.82, 2.24) is 10.3 Å². The van der Waals surface area contributed by atoms with Crippen molar-refractivity contribution in [2.24, 2.45) is 0 Å². The first kappa shape index (κ1) is 13.6. The molecule has 1 amide bonds. The Labute approximate surface area is 126 Å². The van der Waals surface area contributed by atoms with Crippen molar-refractivity contribution < 1.29 is 4.79 Å². The molecule has 0 aliphatic heterocycles. The molecule has 104 valence electrons. The normalized spacial score (nSPS) is 14.2. The van der Waals surface area contributed by atoms with Crippen LogP contribution in [0.4, 0.5) is 0 Å². The summed E-state index contributed by atoms with van der Waals surface area (Å²) >= 11 is 3.41.